The van der Waals surface area contributed by atoms with E-state index in [0.717, 1.165) is 11.3 Å². The van der Waals surface area contributed by atoms with Crippen LogP contribution in [0, 0.1) is 6.92 Å². The molecule has 0 fully saturated rings. The average molecular weight is 398 g/mol. The maximum Gasteiger partial charge on any atom is 0.265 e. The van der Waals surface area contributed by atoms with Crippen LogP contribution in [0.3, 0.4) is 0 Å². The number of carbonyl (C=O) groups is 1. The molecule has 0 bridgehead atoms. The zero-order valence-electron chi connectivity index (χ0n) is 16.3. The minimum absolute atomic E-state index is 0.0749. The smallest absolute Gasteiger partial charge is 0.265 e. The summed E-state index contributed by atoms with van der Waals surface area (Å²) in [6, 6.07) is 7.77. The second-order valence-corrected chi connectivity index (χ2v) is 7.92. The van der Waals surface area contributed by atoms with Gasteiger partial charge in [0, 0.05) is 25.3 Å². The number of hydrogen-bond acceptors (Lipinski definition) is 5. The second kappa shape index (κ2) is 7.43. The summed E-state index contributed by atoms with van der Waals surface area (Å²) in [4.78, 5) is 32.2. The van der Waals surface area contributed by atoms with Gasteiger partial charge < -0.3 is 4.90 Å². The number of nitrogens with zero attached hydrogens (tertiary/aromatic N) is 5. The zero-order valence-corrected chi connectivity index (χ0v) is 17.1. The average Bonchev–Trinajstić information content (AvgIpc) is 3.28. The second-order valence-electron chi connectivity index (χ2n) is 6.94. The number of aromatic nitrogens is 4. The Morgan fingerprint density at radius 1 is 1.32 bits per heavy atom. The van der Waals surface area contributed by atoms with E-state index in [1.54, 1.807) is 20.3 Å². The summed E-state index contributed by atoms with van der Waals surface area (Å²) < 4.78 is 3.39. The number of hydrogen-bond donors (Lipinski definition) is 0. The number of aryl methyl sites for hydroxylation is 1. The number of amides is 1. The van der Waals surface area contributed by atoms with Gasteiger partial charge in [-0.05, 0) is 38.5 Å². The van der Waals surface area contributed by atoms with Crippen molar-refractivity contribution in [1.82, 2.24) is 24.2 Å². The molecule has 1 aromatic carbocycles. The van der Waals surface area contributed by atoms with Gasteiger partial charge in [-0.1, -0.05) is 23.9 Å². The lowest BCUT2D eigenvalue weighted by molar-refractivity contribution is -0.131. The lowest BCUT2D eigenvalue weighted by Gasteiger charge is -2.21. The fourth-order valence-corrected chi connectivity index (χ4v) is 4.77. The molecule has 28 heavy (non-hydrogen) atoms. The minimum Gasteiger partial charge on any atom is -0.343 e. The Kier molecular flexibility index (Phi) is 4.97. The van der Waals surface area contributed by atoms with Gasteiger partial charge >= 0.3 is 0 Å². The molecule has 0 radical (unpaired) electrons. The summed E-state index contributed by atoms with van der Waals surface area (Å²) in [5.74, 6) is 0.755. The number of benzene rings is 1. The predicted octanol–water partition coefficient (Wildman–Crippen LogP) is 2.80. The molecular formula is C20H23N5O2S. The molecule has 0 saturated heterocycles. The third-order valence-corrected chi connectivity index (χ3v) is 6.24. The molecule has 0 spiro atoms. The van der Waals surface area contributed by atoms with Gasteiger partial charge in [0.05, 0.1) is 17.9 Å². The first-order valence-corrected chi connectivity index (χ1v) is 10.5. The number of fused-ring (bicyclic) bond motifs is 2. The van der Waals surface area contributed by atoms with Crippen molar-refractivity contribution in [3.63, 3.8) is 0 Å². The highest BCUT2D eigenvalue weighted by Gasteiger charge is 2.30. The quantitative estimate of drug-likeness (QED) is 0.619. The van der Waals surface area contributed by atoms with E-state index in [0.29, 0.717) is 41.5 Å². The highest BCUT2D eigenvalue weighted by atomic mass is 32.2. The maximum absolute atomic E-state index is 13.2. The molecule has 4 rings (SSSR count). The van der Waals surface area contributed by atoms with Gasteiger partial charge in [-0.15, -0.1) is 0 Å². The van der Waals surface area contributed by atoms with Crippen molar-refractivity contribution in [2.45, 2.75) is 38.4 Å². The molecule has 1 atom stereocenters. The number of carbonyl (C=O) groups excluding carboxylic acids is 1. The first-order chi connectivity index (χ1) is 13.5. The summed E-state index contributed by atoms with van der Waals surface area (Å²) in [7, 11) is 0. The lowest BCUT2D eigenvalue weighted by atomic mass is 10.2. The normalized spacial score (nSPS) is 15.8. The molecule has 0 aliphatic carbocycles. The summed E-state index contributed by atoms with van der Waals surface area (Å²) >= 11 is 1.52. The van der Waals surface area contributed by atoms with Crippen molar-refractivity contribution in [2.24, 2.45) is 0 Å². The first-order valence-electron chi connectivity index (χ1n) is 9.51. The summed E-state index contributed by atoms with van der Waals surface area (Å²) in [6.45, 7) is 7.31. The molecule has 1 aliphatic rings. The minimum atomic E-state index is -0.167. The van der Waals surface area contributed by atoms with Crippen LogP contribution in [-0.4, -0.2) is 49.0 Å². The Bertz CT molecular complexity index is 1100. The summed E-state index contributed by atoms with van der Waals surface area (Å²) in [6.07, 6.45) is 1.90. The standard InChI is InChI=1S/C20H23N5O2S/c1-4-23(5-2)17(26)10-15-12-28-20-22-18-16(19(27)24(15)20)11-21-25(18)14-8-6-7-13(3)9-14/h6-9,11,15H,4-5,10,12H2,1-3H3. The van der Waals surface area contributed by atoms with Crippen LogP contribution in [0.2, 0.25) is 0 Å². The van der Waals surface area contributed by atoms with E-state index in [4.69, 9.17) is 4.98 Å². The molecule has 1 aliphatic heterocycles. The molecule has 0 N–H and O–H groups in total. The Morgan fingerprint density at radius 2 is 2.11 bits per heavy atom. The molecule has 1 unspecified atom stereocenters. The Labute approximate surface area is 167 Å². The maximum atomic E-state index is 13.2. The fourth-order valence-electron chi connectivity index (χ4n) is 3.64. The summed E-state index contributed by atoms with van der Waals surface area (Å²) in [5, 5.41) is 5.54. The van der Waals surface area contributed by atoms with Crippen LogP contribution in [0.4, 0.5) is 0 Å². The molecule has 3 heterocycles. The molecule has 2 aromatic heterocycles. The van der Waals surface area contributed by atoms with Crippen LogP contribution in [-0.2, 0) is 4.79 Å². The Balaban J connectivity index is 1.74. The van der Waals surface area contributed by atoms with Crippen molar-refractivity contribution >= 4 is 28.7 Å². The van der Waals surface area contributed by atoms with E-state index in [2.05, 4.69) is 5.10 Å². The van der Waals surface area contributed by atoms with Crippen LogP contribution >= 0.6 is 11.8 Å². The van der Waals surface area contributed by atoms with Gasteiger partial charge in [0.15, 0.2) is 10.8 Å². The van der Waals surface area contributed by atoms with Crippen molar-refractivity contribution in [2.75, 3.05) is 18.8 Å². The third kappa shape index (κ3) is 3.11. The van der Waals surface area contributed by atoms with E-state index >= 15 is 0 Å². The Morgan fingerprint density at radius 3 is 2.82 bits per heavy atom. The molecule has 8 heteroatoms. The van der Waals surface area contributed by atoms with Crippen LogP contribution in [0.25, 0.3) is 16.7 Å². The number of thioether (sulfide) groups is 1. The zero-order chi connectivity index (χ0) is 19.8. The highest BCUT2D eigenvalue weighted by Crippen LogP contribution is 2.33. The van der Waals surface area contributed by atoms with Gasteiger partial charge in [0.2, 0.25) is 5.91 Å². The SMILES string of the molecule is CCN(CC)C(=O)CC1CSc2nc3c(cnn3-c3cccc(C)c3)c(=O)n21. The topological polar surface area (TPSA) is 73.0 Å². The Hall–Kier alpha value is -2.61. The molecule has 146 valence electrons. The van der Waals surface area contributed by atoms with Gasteiger partial charge in [0.1, 0.15) is 5.39 Å². The van der Waals surface area contributed by atoms with Crippen LogP contribution in [0.1, 0.15) is 31.9 Å². The largest absolute Gasteiger partial charge is 0.343 e. The van der Waals surface area contributed by atoms with E-state index in [9.17, 15) is 9.59 Å². The molecular weight excluding hydrogens is 374 g/mol. The van der Waals surface area contributed by atoms with Crippen molar-refractivity contribution < 1.29 is 4.79 Å². The first kappa shape index (κ1) is 18.7. The van der Waals surface area contributed by atoms with Gasteiger partial charge in [-0.25, -0.2) is 9.67 Å². The van der Waals surface area contributed by atoms with Gasteiger partial charge in [-0.3, -0.25) is 14.2 Å². The summed E-state index contributed by atoms with van der Waals surface area (Å²) in [5.41, 5.74) is 2.43. The molecule has 7 nitrogen and oxygen atoms in total. The van der Waals surface area contributed by atoms with E-state index in [-0.39, 0.29) is 17.5 Å². The van der Waals surface area contributed by atoms with E-state index < -0.39 is 0 Å². The fraction of sp³-hybridized carbons (Fsp3) is 0.400. The van der Waals surface area contributed by atoms with Crippen LogP contribution in [0.5, 0.6) is 0 Å². The monoisotopic (exact) mass is 397 g/mol. The van der Waals surface area contributed by atoms with Crippen LogP contribution < -0.4 is 5.56 Å². The predicted molar refractivity (Wildman–Crippen MR) is 110 cm³/mol. The number of rotatable bonds is 5. The van der Waals surface area contributed by atoms with E-state index in [1.807, 2.05) is 45.0 Å². The van der Waals surface area contributed by atoms with Crippen LogP contribution in [0.15, 0.2) is 40.4 Å². The molecule has 3 aromatic rings. The van der Waals surface area contributed by atoms with Gasteiger partial charge in [0.25, 0.3) is 5.56 Å². The van der Waals surface area contributed by atoms with E-state index in [1.165, 1.54) is 11.8 Å². The lowest BCUT2D eigenvalue weighted by Crippen LogP contribution is -2.34. The third-order valence-electron chi connectivity index (χ3n) is 5.14. The van der Waals surface area contributed by atoms with Crippen molar-refractivity contribution in [1.29, 1.82) is 0 Å². The molecule has 1 amide bonds. The van der Waals surface area contributed by atoms with Gasteiger partial charge in [-0.2, -0.15) is 5.10 Å². The molecule has 0 saturated carbocycles. The van der Waals surface area contributed by atoms with Crippen molar-refractivity contribution in [3.05, 3.63) is 46.4 Å². The highest BCUT2D eigenvalue weighted by molar-refractivity contribution is 7.99. The van der Waals surface area contributed by atoms with Crippen molar-refractivity contribution in [3.8, 4) is 5.69 Å².